The lowest BCUT2D eigenvalue weighted by Gasteiger charge is -2.31. The highest BCUT2D eigenvalue weighted by Crippen LogP contribution is 2.25. The zero-order chi connectivity index (χ0) is 16.8. The Kier molecular flexibility index (Phi) is 6.28. The Balaban J connectivity index is 2.03. The second kappa shape index (κ2) is 8.20. The van der Waals surface area contributed by atoms with Crippen LogP contribution in [0.25, 0.3) is 0 Å². The van der Waals surface area contributed by atoms with Gasteiger partial charge in [-0.3, -0.25) is 9.59 Å². The van der Waals surface area contributed by atoms with Crippen LogP contribution >= 0.6 is 11.6 Å². The van der Waals surface area contributed by atoms with Crippen LogP contribution in [0.1, 0.15) is 25.3 Å². The third kappa shape index (κ3) is 4.61. The molecule has 1 atom stereocenters. The van der Waals surface area contributed by atoms with Crippen molar-refractivity contribution in [2.45, 2.75) is 26.2 Å². The van der Waals surface area contributed by atoms with Gasteiger partial charge in [-0.15, -0.1) is 0 Å². The van der Waals surface area contributed by atoms with Crippen LogP contribution in [0.2, 0.25) is 5.02 Å². The predicted octanol–water partition coefficient (Wildman–Crippen LogP) is 2.69. The summed E-state index contributed by atoms with van der Waals surface area (Å²) < 4.78 is 10.3. The first-order valence-electron chi connectivity index (χ1n) is 7.82. The van der Waals surface area contributed by atoms with Gasteiger partial charge in [0.05, 0.1) is 26.1 Å². The Bertz CT molecular complexity index is 576. The topological polar surface area (TPSA) is 55.8 Å². The number of methoxy groups -OCH3 is 1. The summed E-state index contributed by atoms with van der Waals surface area (Å²) in [6, 6.07) is 5.22. The van der Waals surface area contributed by atoms with E-state index in [2.05, 4.69) is 0 Å². The Morgan fingerprint density at radius 1 is 1.39 bits per heavy atom. The van der Waals surface area contributed by atoms with Gasteiger partial charge >= 0.3 is 5.97 Å². The minimum atomic E-state index is -0.228. The van der Waals surface area contributed by atoms with Crippen molar-refractivity contribution >= 4 is 23.5 Å². The number of carbonyl (C=O) groups excluding carboxylic acids is 2. The highest BCUT2D eigenvalue weighted by molar-refractivity contribution is 6.30. The standard InChI is InChI=1S/C17H22ClNO4/c1-3-23-17(21)12-5-4-8-19(11-12)16(20)10-13-9-14(18)6-7-15(13)22-2/h6-7,9,12H,3-5,8,10-11H2,1-2H3/t12-/m1/s1. The maximum Gasteiger partial charge on any atom is 0.310 e. The number of hydrogen-bond acceptors (Lipinski definition) is 4. The molecule has 1 aliphatic rings. The monoisotopic (exact) mass is 339 g/mol. The highest BCUT2D eigenvalue weighted by atomic mass is 35.5. The van der Waals surface area contributed by atoms with Crippen molar-refractivity contribution in [3.63, 3.8) is 0 Å². The Morgan fingerprint density at radius 2 is 2.17 bits per heavy atom. The summed E-state index contributed by atoms with van der Waals surface area (Å²) in [6.07, 6.45) is 1.78. The first-order chi connectivity index (χ1) is 11.0. The lowest BCUT2D eigenvalue weighted by atomic mass is 9.97. The number of ether oxygens (including phenoxy) is 2. The van der Waals surface area contributed by atoms with Crippen molar-refractivity contribution in [2.75, 3.05) is 26.8 Å². The maximum absolute atomic E-state index is 12.5. The number of piperidine rings is 1. The minimum absolute atomic E-state index is 0.0282. The number of benzene rings is 1. The normalized spacial score (nSPS) is 17.7. The molecule has 2 rings (SSSR count). The van der Waals surface area contributed by atoms with Crippen molar-refractivity contribution in [1.82, 2.24) is 4.90 Å². The van der Waals surface area contributed by atoms with Gasteiger partial charge in [-0.05, 0) is 38.0 Å². The van der Waals surface area contributed by atoms with Crippen LogP contribution < -0.4 is 4.74 Å². The van der Waals surface area contributed by atoms with Gasteiger partial charge in [-0.1, -0.05) is 11.6 Å². The molecular formula is C17H22ClNO4. The van der Waals surface area contributed by atoms with Crippen LogP contribution in [0.3, 0.4) is 0 Å². The van der Waals surface area contributed by atoms with Gasteiger partial charge in [0.2, 0.25) is 5.91 Å². The number of amides is 1. The Hall–Kier alpha value is -1.75. The SMILES string of the molecule is CCOC(=O)[C@@H]1CCCN(C(=O)Cc2cc(Cl)ccc2OC)C1. The number of rotatable bonds is 5. The smallest absolute Gasteiger partial charge is 0.310 e. The third-order valence-electron chi connectivity index (χ3n) is 3.98. The van der Waals surface area contributed by atoms with E-state index in [0.29, 0.717) is 30.5 Å². The number of esters is 1. The van der Waals surface area contributed by atoms with E-state index in [1.54, 1.807) is 37.1 Å². The van der Waals surface area contributed by atoms with E-state index >= 15 is 0 Å². The van der Waals surface area contributed by atoms with Crippen LogP contribution in [0.4, 0.5) is 0 Å². The number of hydrogen-bond donors (Lipinski definition) is 0. The van der Waals surface area contributed by atoms with Crippen molar-refractivity contribution in [1.29, 1.82) is 0 Å². The first kappa shape index (κ1) is 17.6. The molecule has 126 valence electrons. The molecular weight excluding hydrogens is 318 g/mol. The molecule has 0 aromatic heterocycles. The second-order valence-electron chi connectivity index (χ2n) is 5.56. The molecule has 0 N–H and O–H groups in total. The van der Waals surface area contributed by atoms with Crippen molar-refractivity contribution in [3.8, 4) is 5.75 Å². The molecule has 6 heteroatoms. The molecule has 0 unspecified atom stereocenters. The van der Waals surface area contributed by atoms with Gasteiger partial charge in [-0.25, -0.2) is 0 Å². The second-order valence-corrected chi connectivity index (χ2v) is 6.00. The fourth-order valence-corrected chi connectivity index (χ4v) is 3.01. The Morgan fingerprint density at radius 3 is 2.87 bits per heavy atom. The summed E-state index contributed by atoms with van der Waals surface area (Å²) >= 11 is 6.00. The number of nitrogens with zero attached hydrogens (tertiary/aromatic N) is 1. The van der Waals surface area contributed by atoms with Crippen LogP contribution in [0.5, 0.6) is 5.75 Å². The summed E-state index contributed by atoms with van der Waals surface area (Å²) in [7, 11) is 1.56. The molecule has 1 amide bonds. The summed E-state index contributed by atoms with van der Waals surface area (Å²) in [4.78, 5) is 26.1. The van der Waals surface area contributed by atoms with E-state index in [1.807, 2.05) is 0 Å². The third-order valence-corrected chi connectivity index (χ3v) is 4.21. The summed E-state index contributed by atoms with van der Waals surface area (Å²) in [6.45, 7) is 3.23. The molecule has 0 radical (unpaired) electrons. The molecule has 1 saturated heterocycles. The van der Waals surface area contributed by atoms with Crippen LogP contribution in [0, 0.1) is 5.92 Å². The van der Waals surface area contributed by atoms with Gasteiger partial charge in [0, 0.05) is 23.7 Å². The molecule has 1 heterocycles. The molecule has 1 aromatic rings. The zero-order valence-electron chi connectivity index (χ0n) is 13.5. The van der Waals surface area contributed by atoms with Crippen molar-refractivity contribution in [2.24, 2.45) is 5.92 Å². The molecule has 0 aliphatic carbocycles. The fourth-order valence-electron chi connectivity index (χ4n) is 2.82. The van der Waals surface area contributed by atoms with E-state index in [4.69, 9.17) is 21.1 Å². The van der Waals surface area contributed by atoms with Gasteiger partial charge < -0.3 is 14.4 Å². The molecule has 1 fully saturated rings. The largest absolute Gasteiger partial charge is 0.496 e. The van der Waals surface area contributed by atoms with Crippen LogP contribution in [-0.2, 0) is 20.7 Å². The zero-order valence-corrected chi connectivity index (χ0v) is 14.3. The molecule has 0 spiro atoms. The quantitative estimate of drug-likeness (QED) is 0.774. The van der Waals surface area contributed by atoms with E-state index in [1.165, 1.54) is 0 Å². The summed E-state index contributed by atoms with van der Waals surface area (Å²) in [5, 5.41) is 0.566. The van der Waals surface area contributed by atoms with Crippen LogP contribution in [0.15, 0.2) is 18.2 Å². The Labute approximate surface area is 141 Å². The molecule has 23 heavy (non-hydrogen) atoms. The van der Waals surface area contributed by atoms with Crippen molar-refractivity contribution in [3.05, 3.63) is 28.8 Å². The first-order valence-corrected chi connectivity index (χ1v) is 8.19. The highest BCUT2D eigenvalue weighted by Gasteiger charge is 2.29. The molecule has 0 saturated carbocycles. The van der Waals surface area contributed by atoms with E-state index < -0.39 is 0 Å². The van der Waals surface area contributed by atoms with E-state index in [0.717, 1.165) is 18.4 Å². The van der Waals surface area contributed by atoms with Gasteiger partial charge in [-0.2, -0.15) is 0 Å². The maximum atomic E-state index is 12.5. The lowest BCUT2D eigenvalue weighted by Crippen LogP contribution is -2.43. The number of carbonyl (C=O) groups is 2. The van der Waals surface area contributed by atoms with Crippen molar-refractivity contribution < 1.29 is 19.1 Å². The van der Waals surface area contributed by atoms with Gasteiger partial charge in [0.15, 0.2) is 0 Å². The molecule has 0 bridgehead atoms. The van der Waals surface area contributed by atoms with Gasteiger partial charge in [0.1, 0.15) is 5.75 Å². The average molecular weight is 340 g/mol. The number of halogens is 1. The van der Waals surface area contributed by atoms with Crippen LogP contribution in [-0.4, -0.2) is 43.6 Å². The summed E-state index contributed by atoms with van der Waals surface area (Å²) in [5.74, 6) is 0.167. The van der Waals surface area contributed by atoms with E-state index in [-0.39, 0.29) is 24.2 Å². The minimum Gasteiger partial charge on any atom is -0.496 e. The average Bonchev–Trinajstić information content (AvgIpc) is 2.55. The van der Waals surface area contributed by atoms with E-state index in [9.17, 15) is 9.59 Å². The lowest BCUT2D eigenvalue weighted by molar-refractivity contribution is -0.151. The predicted molar refractivity (Wildman–Crippen MR) is 87.6 cm³/mol. The molecule has 5 nitrogen and oxygen atoms in total. The molecule has 1 aromatic carbocycles. The number of likely N-dealkylation sites (tertiary alicyclic amines) is 1. The van der Waals surface area contributed by atoms with Gasteiger partial charge in [0.25, 0.3) is 0 Å². The summed E-state index contributed by atoms with van der Waals surface area (Å²) in [5.41, 5.74) is 0.753. The molecule has 1 aliphatic heterocycles. The fraction of sp³-hybridized carbons (Fsp3) is 0.529.